The molecule has 0 spiro atoms. The van der Waals surface area contributed by atoms with Crippen molar-refractivity contribution in [2.75, 3.05) is 0 Å². The molecule has 2 heterocycles. The smallest absolute Gasteiger partial charge is 0.195 e. The normalized spacial score (nSPS) is 11.9. The molecule has 124 valence electrons. The van der Waals surface area contributed by atoms with Crippen molar-refractivity contribution < 1.29 is 8.83 Å². The first kappa shape index (κ1) is 15.2. The van der Waals surface area contributed by atoms with Gasteiger partial charge >= 0.3 is 0 Å². The molecule has 4 rings (SSSR count). The summed E-state index contributed by atoms with van der Waals surface area (Å²) in [5, 5.41) is 2.17. The maximum atomic E-state index is 5.89. The van der Waals surface area contributed by atoms with E-state index in [9.17, 15) is 0 Å². The van der Waals surface area contributed by atoms with Gasteiger partial charge in [-0.25, -0.2) is 9.97 Å². The maximum Gasteiger partial charge on any atom is 0.195 e. The number of fused-ring (bicyclic) bond motifs is 5. The van der Waals surface area contributed by atoms with Crippen molar-refractivity contribution in [1.29, 1.82) is 0 Å². The van der Waals surface area contributed by atoms with Gasteiger partial charge in [0.15, 0.2) is 22.9 Å². The van der Waals surface area contributed by atoms with Crippen LogP contribution in [0.25, 0.3) is 33.0 Å². The van der Waals surface area contributed by atoms with E-state index in [-0.39, 0.29) is 0 Å². The fourth-order valence-electron chi connectivity index (χ4n) is 3.15. The van der Waals surface area contributed by atoms with Gasteiger partial charge in [0, 0.05) is 23.6 Å². The van der Waals surface area contributed by atoms with Gasteiger partial charge in [-0.2, -0.15) is 0 Å². The average Bonchev–Trinajstić information content (AvgIpc) is 3.20. The van der Waals surface area contributed by atoms with E-state index in [0.717, 1.165) is 83.3 Å². The first-order chi connectivity index (χ1) is 11.8. The number of rotatable bonds is 6. The number of benzene rings is 2. The molecule has 0 unspecified atom stereocenters. The maximum absolute atomic E-state index is 5.89. The summed E-state index contributed by atoms with van der Waals surface area (Å²) < 4.78 is 11.8. The third kappa shape index (κ3) is 2.56. The summed E-state index contributed by atoms with van der Waals surface area (Å²) in [5.41, 5.74) is 3.56. The van der Waals surface area contributed by atoms with Crippen LogP contribution in [0.15, 0.2) is 33.1 Å². The summed E-state index contributed by atoms with van der Waals surface area (Å²) >= 11 is 0. The van der Waals surface area contributed by atoms with E-state index in [4.69, 9.17) is 18.8 Å². The zero-order valence-electron chi connectivity index (χ0n) is 14.3. The molecule has 0 aliphatic rings. The van der Waals surface area contributed by atoms with Crippen LogP contribution in [0.2, 0.25) is 0 Å². The number of oxazole rings is 2. The summed E-state index contributed by atoms with van der Waals surface area (Å²) in [4.78, 5) is 9.43. The van der Waals surface area contributed by atoms with Crippen molar-refractivity contribution >= 4 is 33.0 Å². The van der Waals surface area contributed by atoms with E-state index in [0.29, 0.717) is 0 Å². The zero-order chi connectivity index (χ0) is 16.5. The van der Waals surface area contributed by atoms with E-state index < -0.39 is 0 Å². The molecule has 0 radical (unpaired) electrons. The van der Waals surface area contributed by atoms with Crippen LogP contribution in [0, 0.1) is 0 Å². The summed E-state index contributed by atoms with van der Waals surface area (Å²) in [6.07, 6.45) is 6.25. The molecule has 0 aliphatic carbocycles. The molecule has 0 N–H and O–H groups in total. The van der Waals surface area contributed by atoms with E-state index >= 15 is 0 Å². The van der Waals surface area contributed by atoms with Crippen LogP contribution in [-0.2, 0) is 12.8 Å². The summed E-state index contributed by atoms with van der Waals surface area (Å²) in [5.74, 6) is 1.64. The Labute approximate surface area is 140 Å². The van der Waals surface area contributed by atoms with Crippen LogP contribution in [0.4, 0.5) is 0 Å². The van der Waals surface area contributed by atoms with Crippen molar-refractivity contribution in [1.82, 2.24) is 9.97 Å². The van der Waals surface area contributed by atoms with Crippen molar-refractivity contribution in [3.63, 3.8) is 0 Å². The Kier molecular flexibility index (Phi) is 3.97. The topological polar surface area (TPSA) is 52.1 Å². The minimum Gasteiger partial charge on any atom is -0.441 e. The van der Waals surface area contributed by atoms with Crippen LogP contribution in [0.3, 0.4) is 0 Å². The van der Waals surface area contributed by atoms with Crippen LogP contribution >= 0.6 is 0 Å². The third-order valence-electron chi connectivity index (χ3n) is 4.49. The molecule has 4 heteroatoms. The molecule has 0 amide bonds. The Morgan fingerprint density at radius 3 is 1.58 bits per heavy atom. The third-order valence-corrected chi connectivity index (χ3v) is 4.49. The van der Waals surface area contributed by atoms with Gasteiger partial charge in [0.1, 0.15) is 11.0 Å². The molecule has 0 atom stereocenters. The molecule has 0 saturated carbocycles. The number of unbranched alkanes of at least 4 members (excludes halogenated alkanes) is 2. The fourth-order valence-corrected chi connectivity index (χ4v) is 3.15. The molecule has 4 nitrogen and oxygen atoms in total. The van der Waals surface area contributed by atoms with Gasteiger partial charge in [0.25, 0.3) is 0 Å². The van der Waals surface area contributed by atoms with Gasteiger partial charge in [-0.15, -0.1) is 0 Å². The molecular formula is C20H22N2O2. The minimum absolute atomic E-state index is 0.822. The number of nitrogens with zero attached hydrogens (tertiary/aromatic N) is 2. The number of hydrogen-bond acceptors (Lipinski definition) is 4. The number of aryl methyl sites for hydroxylation is 2. The van der Waals surface area contributed by atoms with E-state index in [1.165, 1.54) is 0 Å². The highest BCUT2D eigenvalue weighted by Crippen LogP contribution is 2.31. The lowest BCUT2D eigenvalue weighted by Gasteiger charge is -1.97. The van der Waals surface area contributed by atoms with Gasteiger partial charge < -0.3 is 8.83 Å². The highest BCUT2D eigenvalue weighted by atomic mass is 16.4. The lowest BCUT2D eigenvalue weighted by atomic mass is 10.1. The first-order valence-corrected chi connectivity index (χ1v) is 8.90. The lowest BCUT2D eigenvalue weighted by Crippen LogP contribution is -1.84. The Bertz CT molecular complexity index is 915. The van der Waals surface area contributed by atoms with Crippen molar-refractivity contribution in [2.24, 2.45) is 0 Å². The molecule has 2 aromatic heterocycles. The van der Waals surface area contributed by atoms with Crippen LogP contribution in [0.5, 0.6) is 0 Å². The van der Waals surface area contributed by atoms with Crippen LogP contribution in [-0.4, -0.2) is 9.97 Å². The molecule has 24 heavy (non-hydrogen) atoms. The second kappa shape index (κ2) is 6.27. The quantitative estimate of drug-likeness (QED) is 0.449. The van der Waals surface area contributed by atoms with E-state index in [1.807, 2.05) is 12.1 Å². The second-order valence-electron chi connectivity index (χ2n) is 6.34. The monoisotopic (exact) mass is 322 g/mol. The van der Waals surface area contributed by atoms with Gasteiger partial charge in [-0.1, -0.05) is 26.7 Å². The van der Waals surface area contributed by atoms with Gasteiger partial charge in [0.05, 0.1) is 0 Å². The molecule has 4 aromatic rings. The Morgan fingerprint density at radius 2 is 1.17 bits per heavy atom. The zero-order valence-corrected chi connectivity index (χ0v) is 14.3. The molecule has 0 saturated heterocycles. The highest BCUT2D eigenvalue weighted by Gasteiger charge is 2.14. The molecular weight excluding hydrogens is 300 g/mol. The predicted octanol–water partition coefficient (Wildman–Crippen LogP) is 5.81. The predicted molar refractivity (Wildman–Crippen MR) is 96.3 cm³/mol. The summed E-state index contributed by atoms with van der Waals surface area (Å²) in [7, 11) is 0. The fraction of sp³-hybridized carbons (Fsp3) is 0.400. The molecule has 0 fully saturated rings. The molecule has 2 aromatic carbocycles. The van der Waals surface area contributed by atoms with Crippen molar-refractivity contribution in [3.05, 3.63) is 36.0 Å². The van der Waals surface area contributed by atoms with E-state index in [1.54, 1.807) is 0 Å². The minimum atomic E-state index is 0.822. The Hall–Kier alpha value is -2.36. The second-order valence-corrected chi connectivity index (χ2v) is 6.34. The Morgan fingerprint density at radius 1 is 0.708 bits per heavy atom. The SMILES string of the molecule is CCCCc1nc2c(ccc3c2ccc2oc(CCCC)nc23)o1. The number of hydrogen-bond donors (Lipinski definition) is 0. The highest BCUT2D eigenvalue weighted by molar-refractivity contribution is 6.13. The summed E-state index contributed by atoms with van der Waals surface area (Å²) in [6, 6.07) is 8.14. The van der Waals surface area contributed by atoms with Crippen LogP contribution < -0.4 is 0 Å². The molecule has 0 aliphatic heterocycles. The first-order valence-electron chi connectivity index (χ1n) is 8.90. The van der Waals surface area contributed by atoms with Gasteiger partial charge in [-0.05, 0) is 37.1 Å². The standard InChI is InChI=1S/C20H22N2O2/c1-3-5-7-17-21-19-13-10-12-16-20(14(13)9-11-15(19)23-17)22-18(24-16)8-6-4-2/h9-12H,3-8H2,1-2H3. The Balaban J connectivity index is 1.85. The van der Waals surface area contributed by atoms with E-state index in [2.05, 4.69) is 26.0 Å². The van der Waals surface area contributed by atoms with Crippen molar-refractivity contribution in [2.45, 2.75) is 52.4 Å². The largest absolute Gasteiger partial charge is 0.441 e. The number of aromatic nitrogens is 2. The van der Waals surface area contributed by atoms with Gasteiger partial charge in [-0.3, -0.25) is 0 Å². The lowest BCUT2D eigenvalue weighted by molar-refractivity contribution is 0.517. The average molecular weight is 322 g/mol. The van der Waals surface area contributed by atoms with Crippen LogP contribution in [0.1, 0.15) is 51.3 Å². The van der Waals surface area contributed by atoms with Crippen molar-refractivity contribution in [3.8, 4) is 0 Å². The summed E-state index contributed by atoms with van der Waals surface area (Å²) in [6.45, 7) is 4.35. The van der Waals surface area contributed by atoms with Gasteiger partial charge in [0.2, 0.25) is 0 Å². The molecule has 0 bridgehead atoms.